The number of nitrogens with two attached hydrogens (primary N) is 1. The van der Waals surface area contributed by atoms with Gasteiger partial charge in [-0.2, -0.15) is 0 Å². The van der Waals surface area contributed by atoms with Crippen molar-refractivity contribution in [3.8, 4) is 0 Å². The number of imide groups is 1. The standard InChI is InChI=1S/C13H13N3O3/c14-7-8-15-13(19)9-1-3-10(4-2-9)16-11(17)5-6-12(16)18/h1-6H,7-8,14H2,(H,15,19). The van der Waals surface area contributed by atoms with Crippen molar-refractivity contribution < 1.29 is 14.4 Å². The molecule has 3 amide bonds. The largest absolute Gasteiger partial charge is 0.351 e. The molecule has 0 fully saturated rings. The van der Waals surface area contributed by atoms with Gasteiger partial charge in [0, 0.05) is 30.8 Å². The number of benzene rings is 1. The Bertz CT molecular complexity index is 531. The van der Waals surface area contributed by atoms with Crippen LogP contribution in [-0.4, -0.2) is 30.8 Å². The molecule has 19 heavy (non-hydrogen) atoms. The average molecular weight is 259 g/mol. The highest BCUT2D eigenvalue weighted by molar-refractivity contribution is 6.28. The minimum atomic E-state index is -0.384. The van der Waals surface area contributed by atoms with Gasteiger partial charge in [-0.1, -0.05) is 0 Å². The number of carbonyl (C=O) groups excluding carboxylic acids is 3. The summed E-state index contributed by atoms with van der Waals surface area (Å²) in [7, 11) is 0. The molecule has 0 spiro atoms. The van der Waals surface area contributed by atoms with Crippen LogP contribution in [0, 0.1) is 0 Å². The molecule has 6 nitrogen and oxygen atoms in total. The van der Waals surface area contributed by atoms with Crippen molar-refractivity contribution in [3.63, 3.8) is 0 Å². The average Bonchev–Trinajstić information content (AvgIpc) is 2.76. The zero-order chi connectivity index (χ0) is 13.8. The number of rotatable bonds is 4. The van der Waals surface area contributed by atoms with Gasteiger partial charge in [-0.25, -0.2) is 4.90 Å². The summed E-state index contributed by atoms with van der Waals surface area (Å²) < 4.78 is 0. The minimum Gasteiger partial charge on any atom is -0.351 e. The second kappa shape index (κ2) is 5.45. The highest BCUT2D eigenvalue weighted by Crippen LogP contribution is 2.19. The van der Waals surface area contributed by atoms with E-state index >= 15 is 0 Å². The monoisotopic (exact) mass is 259 g/mol. The maximum atomic E-state index is 11.6. The molecule has 0 aliphatic carbocycles. The fourth-order valence-corrected chi connectivity index (χ4v) is 1.70. The molecule has 1 aliphatic heterocycles. The zero-order valence-corrected chi connectivity index (χ0v) is 10.1. The Kier molecular flexibility index (Phi) is 3.72. The van der Waals surface area contributed by atoms with E-state index in [1.54, 1.807) is 24.3 Å². The molecule has 2 rings (SSSR count). The van der Waals surface area contributed by atoms with E-state index in [9.17, 15) is 14.4 Å². The Morgan fingerprint density at radius 2 is 1.68 bits per heavy atom. The van der Waals surface area contributed by atoms with Crippen molar-refractivity contribution in [1.29, 1.82) is 0 Å². The number of nitrogens with one attached hydrogen (secondary N) is 1. The number of anilines is 1. The molecule has 0 aromatic heterocycles. The lowest BCUT2D eigenvalue weighted by molar-refractivity contribution is -0.119. The van der Waals surface area contributed by atoms with Gasteiger partial charge in [0.1, 0.15) is 0 Å². The van der Waals surface area contributed by atoms with E-state index in [1.807, 2.05) is 0 Å². The molecule has 0 bridgehead atoms. The summed E-state index contributed by atoms with van der Waals surface area (Å²) in [6.07, 6.45) is 2.43. The third-order valence-electron chi connectivity index (χ3n) is 2.63. The van der Waals surface area contributed by atoms with Crippen molar-refractivity contribution in [2.24, 2.45) is 5.73 Å². The van der Waals surface area contributed by atoms with Crippen LogP contribution in [0.3, 0.4) is 0 Å². The summed E-state index contributed by atoms with van der Waals surface area (Å²) in [5.41, 5.74) is 6.18. The molecule has 0 radical (unpaired) electrons. The molecule has 3 N–H and O–H groups in total. The van der Waals surface area contributed by atoms with Crippen LogP contribution in [-0.2, 0) is 9.59 Å². The maximum Gasteiger partial charge on any atom is 0.258 e. The fourth-order valence-electron chi connectivity index (χ4n) is 1.70. The Morgan fingerprint density at radius 1 is 1.11 bits per heavy atom. The SMILES string of the molecule is NCCNC(=O)c1ccc(N2C(=O)C=CC2=O)cc1. The van der Waals surface area contributed by atoms with Gasteiger partial charge >= 0.3 is 0 Å². The third kappa shape index (κ3) is 2.69. The van der Waals surface area contributed by atoms with Crippen molar-refractivity contribution in [2.45, 2.75) is 0 Å². The molecule has 0 unspecified atom stereocenters. The van der Waals surface area contributed by atoms with Gasteiger partial charge in [0.15, 0.2) is 0 Å². The van der Waals surface area contributed by atoms with Gasteiger partial charge in [-0.05, 0) is 24.3 Å². The first-order valence-corrected chi connectivity index (χ1v) is 5.78. The van der Waals surface area contributed by atoms with E-state index in [2.05, 4.69) is 5.32 Å². The van der Waals surface area contributed by atoms with Crippen LogP contribution < -0.4 is 16.0 Å². The van der Waals surface area contributed by atoms with Crippen LogP contribution >= 0.6 is 0 Å². The Morgan fingerprint density at radius 3 is 2.21 bits per heavy atom. The van der Waals surface area contributed by atoms with Crippen molar-refractivity contribution in [1.82, 2.24) is 5.32 Å². The normalized spacial score (nSPS) is 14.1. The Balaban J connectivity index is 2.13. The van der Waals surface area contributed by atoms with Gasteiger partial charge in [-0.3, -0.25) is 14.4 Å². The predicted octanol–water partition coefficient (Wildman–Crippen LogP) is -0.196. The fraction of sp³-hybridized carbons (Fsp3) is 0.154. The number of amides is 3. The van der Waals surface area contributed by atoms with E-state index < -0.39 is 0 Å². The van der Waals surface area contributed by atoms with Crippen LogP contribution in [0.4, 0.5) is 5.69 Å². The third-order valence-corrected chi connectivity index (χ3v) is 2.63. The van der Waals surface area contributed by atoms with Crippen LogP contribution in [0.1, 0.15) is 10.4 Å². The number of hydrogen-bond donors (Lipinski definition) is 2. The lowest BCUT2D eigenvalue weighted by Gasteiger charge is -2.14. The van der Waals surface area contributed by atoms with Crippen LogP contribution in [0.2, 0.25) is 0 Å². The summed E-state index contributed by atoms with van der Waals surface area (Å²) in [6, 6.07) is 6.22. The van der Waals surface area contributed by atoms with E-state index in [0.717, 1.165) is 4.90 Å². The Labute approximate surface area is 109 Å². The molecule has 0 saturated heterocycles. The van der Waals surface area contributed by atoms with Gasteiger partial charge in [0.05, 0.1) is 5.69 Å². The van der Waals surface area contributed by atoms with Crippen LogP contribution in [0.15, 0.2) is 36.4 Å². The minimum absolute atomic E-state index is 0.241. The topological polar surface area (TPSA) is 92.5 Å². The first-order valence-electron chi connectivity index (χ1n) is 5.78. The molecule has 6 heteroatoms. The van der Waals surface area contributed by atoms with Crippen molar-refractivity contribution in [3.05, 3.63) is 42.0 Å². The first kappa shape index (κ1) is 13.0. The first-order chi connectivity index (χ1) is 9.13. The van der Waals surface area contributed by atoms with E-state index in [4.69, 9.17) is 5.73 Å². The maximum absolute atomic E-state index is 11.6. The van der Waals surface area contributed by atoms with E-state index in [1.165, 1.54) is 12.2 Å². The van der Waals surface area contributed by atoms with Gasteiger partial charge < -0.3 is 11.1 Å². The zero-order valence-electron chi connectivity index (χ0n) is 10.1. The predicted molar refractivity (Wildman–Crippen MR) is 69.5 cm³/mol. The number of nitrogens with zero attached hydrogens (tertiary/aromatic N) is 1. The second-order valence-electron chi connectivity index (χ2n) is 3.94. The van der Waals surface area contributed by atoms with Crippen molar-refractivity contribution >= 4 is 23.4 Å². The molecule has 1 aromatic carbocycles. The highest BCUT2D eigenvalue weighted by atomic mass is 16.2. The molecule has 1 aliphatic rings. The van der Waals surface area contributed by atoms with Crippen LogP contribution in [0.25, 0.3) is 0 Å². The van der Waals surface area contributed by atoms with E-state index in [-0.39, 0.29) is 17.7 Å². The second-order valence-corrected chi connectivity index (χ2v) is 3.94. The summed E-state index contributed by atoms with van der Waals surface area (Å²) >= 11 is 0. The molecule has 0 saturated carbocycles. The van der Waals surface area contributed by atoms with Crippen LogP contribution in [0.5, 0.6) is 0 Å². The van der Waals surface area contributed by atoms with Gasteiger partial charge in [0.2, 0.25) is 0 Å². The molecule has 0 atom stereocenters. The molecule has 1 aromatic rings. The number of carbonyl (C=O) groups is 3. The van der Waals surface area contributed by atoms with Gasteiger partial charge in [0.25, 0.3) is 17.7 Å². The van der Waals surface area contributed by atoms with Gasteiger partial charge in [-0.15, -0.1) is 0 Å². The smallest absolute Gasteiger partial charge is 0.258 e. The molecule has 1 heterocycles. The highest BCUT2D eigenvalue weighted by Gasteiger charge is 2.24. The summed E-state index contributed by atoms with van der Waals surface area (Å²) in [4.78, 5) is 35.6. The number of hydrogen-bond acceptors (Lipinski definition) is 4. The lowest BCUT2D eigenvalue weighted by atomic mass is 10.2. The molecular weight excluding hydrogens is 246 g/mol. The van der Waals surface area contributed by atoms with Crippen molar-refractivity contribution in [2.75, 3.05) is 18.0 Å². The molecule has 98 valence electrons. The molecular formula is C13H13N3O3. The van der Waals surface area contributed by atoms with E-state index in [0.29, 0.717) is 24.3 Å². The summed E-state index contributed by atoms with van der Waals surface area (Å²) in [5.74, 6) is -1.01. The lowest BCUT2D eigenvalue weighted by Crippen LogP contribution is -2.30. The summed E-state index contributed by atoms with van der Waals surface area (Å²) in [5, 5.41) is 2.63. The summed E-state index contributed by atoms with van der Waals surface area (Å²) in [6.45, 7) is 0.764. The Hall–Kier alpha value is -2.47. The quantitative estimate of drug-likeness (QED) is 0.733.